The Morgan fingerprint density at radius 3 is 1.33 bits per heavy atom. The lowest BCUT2D eigenvalue weighted by atomic mass is 9.99. The van der Waals surface area contributed by atoms with Gasteiger partial charge in [-0.2, -0.15) is 0 Å². The maximum atomic E-state index is 13.1. The van der Waals surface area contributed by atoms with Gasteiger partial charge in [-0.3, -0.25) is 5.01 Å². The molecule has 0 spiro atoms. The van der Waals surface area contributed by atoms with Crippen molar-refractivity contribution < 1.29 is 4.79 Å². The van der Waals surface area contributed by atoms with E-state index in [2.05, 4.69) is 10.7 Å². The quantitative estimate of drug-likeness (QED) is 0.405. The molecule has 4 rings (SSSR count). The van der Waals surface area contributed by atoms with Crippen LogP contribution in [0.1, 0.15) is 17.2 Å². The molecule has 4 aromatic carbocycles. The molecule has 4 heteroatoms. The number of benzene rings is 4. The maximum absolute atomic E-state index is 13.1. The third kappa shape index (κ3) is 4.67. The molecule has 0 radical (unpaired) electrons. The SMILES string of the molecule is O=C(NC(c1ccccc1)c1ccccc1)NN(c1ccccc1)c1ccccc1. The summed E-state index contributed by atoms with van der Waals surface area (Å²) in [5.41, 5.74) is 6.78. The van der Waals surface area contributed by atoms with Gasteiger partial charge < -0.3 is 5.32 Å². The van der Waals surface area contributed by atoms with Gasteiger partial charge in [-0.25, -0.2) is 10.2 Å². The number of nitrogens with one attached hydrogen (secondary N) is 2. The number of carbonyl (C=O) groups is 1. The maximum Gasteiger partial charge on any atom is 0.334 e. The topological polar surface area (TPSA) is 44.4 Å². The highest BCUT2D eigenvalue weighted by Crippen LogP contribution is 2.24. The minimum atomic E-state index is -0.291. The minimum absolute atomic E-state index is 0.263. The summed E-state index contributed by atoms with van der Waals surface area (Å²) >= 11 is 0. The standard InChI is InChI=1S/C26H23N3O/c30-26(27-25(21-13-5-1-6-14-21)22-15-7-2-8-16-22)28-29(23-17-9-3-10-18-23)24-19-11-4-12-20-24/h1-20,25H,(H2,27,28,30). The highest BCUT2D eigenvalue weighted by molar-refractivity contribution is 5.80. The number of hydrogen-bond acceptors (Lipinski definition) is 2. The fraction of sp³-hybridized carbons (Fsp3) is 0.0385. The van der Waals surface area contributed by atoms with Crippen LogP contribution in [0.25, 0.3) is 0 Å². The molecule has 4 nitrogen and oxygen atoms in total. The van der Waals surface area contributed by atoms with Crippen molar-refractivity contribution in [3.63, 3.8) is 0 Å². The Morgan fingerprint density at radius 1 is 0.567 bits per heavy atom. The van der Waals surface area contributed by atoms with E-state index in [1.54, 1.807) is 5.01 Å². The summed E-state index contributed by atoms with van der Waals surface area (Å²) in [5, 5.41) is 4.91. The Labute approximate surface area is 176 Å². The zero-order valence-electron chi connectivity index (χ0n) is 16.5. The van der Waals surface area contributed by atoms with Crippen LogP contribution in [0.2, 0.25) is 0 Å². The first kappa shape index (κ1) is 19.3. The number of hydrazine groups is 1. The molecule has 0 atom stereocenters. The van der Waals surface area contributed by atoms with Crippen LogP contribution in [0.5, 0.6) is 0 Å². The molecule has 0 saturated carbocycles. The predicted octanol–water partition coefficient (Wildman–Crippen LogP) is 5.83. The molecule has 2 N–H and O–H groups in total. The van der Waals surface area contributed by atoms with Crippen LogP contribution in [0.15, 0.2) is 121 Å². The van der Waals surface area contributed by atoms with Crippen LogP contribution in [-0.2, 0) is 0 Å². The van der Waals surface area contributed by atoms with Gasteiger partial charge in [0.1, 0.15) is 0 Å². The number of amides is 2. The lowest BCUT2D eigenvalue weighted by Crippen LogP contribution is -2.46. The first-order valence-electron chi connectivity index (χ1n) is 9.88. The van der Waals surface area contributed by atoms with Crippen molar-refractivity contribution in [1.82, 2.24) is 10.7 Å². The van der Waals surface area contributed by atoms with Crippen LogP contribution in [0.3, 0.4) is 0 Å². The third-order valence-corrected chi connectivity index (χ3v) is 4.78. The summed E-state index contributed by atoms with van der Waals surface area (Å²) in [6, 6.07) is 38.9. The van der Waals surface area contributed by atoms with Gasteiger partial charge in [0.15, 0.2) is 0 Å². The number of hydrogen-bond donors (Lipinski definition) is 2. The zero-order valence-corrected chi connectivity index (χ0v) is 16.5. The van der Waals surface area contributed by atoms with Crippen LogP contribution >= 0.6 is 0 Å². The summed E-state index contributed by atoms with van der Waals surface area (Å²) in [4.78, 5) is 13.1. The second-order valence-electron chi connectivity index (χ2n) is 6.85. The van der Waals surface area contributed by atoms with Gasteiger partial charge in [-0.1, -0.05) is 97.1 Å². The molecule has 0 saturated heterocycles. The van der Waals surface area contributed by atoms with E-state index in [4.69, 9.17) is 0 Å². The smallest absolute Gasteiger partial charge is 0.326 e. The van der Waals surface area contributed by atoms with E-state index < -0.39 is 0 Å². The van der Waals surface area contributed by atoms with Crippen molar-refractivity contribution in [2.24, 2.45) is 0 Å². The molecule has 0 aromatic heterocycles. The van der Waals surface area contributed by atoms with E-state index >= 15 is 0 Å². The molecule has 0 aliphatic heterocycles. The van der Waals surface area contributed by atoms with Crippen molar-refractivity contribution in [2.75, 3.05) is 5.01 Å². The molecule has 0 aliphatic carbocycles. The Balaban J connectivity index is 1.60. The number of anilines is 2. The fourth-order valence-corrected chi connectivity index (χ4v) is 3.35. The normalized spacial score (nSPS) is 10.4. The summed E-state index contributed by atoms with van der Waals surface area (Å²) in [6.45, 7) is 0. The summed E-state index contributed by atoms with van der Waals surface area (Å²) in [5.74, 6) is 0. The second kappa shape index (κ2) is 9.43. The zero-order chi connectivity index (χ0) is 20.6. The van der Waals surface area contributed by atoms with E-state index in [0.717, 1.165) is 22.5 Å². The van der Waals surface area contributed by atoms with Gasteiger partial charge in [0.2, 0.25) is 0 Å². The predicted molar refractivity (Wildman–Crippen MR) is 121 cm³/mol. The number of carbonyl (C=O) groups excluding carboxylic acids is 1. The minimum Gasteiger partial charge on any atom is -0.326 e. The number of para-hydroxylation sites is 2. The van der Waals surface area contributed by atoms with E-state index in [9.17, 15) is 4.79 Å². The Bertz CT molecular complexity index is 888. The third-order valence-electron chi connectivity index (χ3n) is 4.78. The van der Waals surface area contributed by atoms with Gasteiger partial charge in [0.05, 0.1) is 17.4 Å². The van der Waals surface area contributed by atoms with Gasteiger partial charge >= 0.3 is 6.03 Å². The molecule has 0 fully saturated rings. The Morgan fingerprint density at radius 2 is 0.933 bits per heavy atom. The van der Waals surface area contributed by atoms with Gasteiger partial charge in [0.25, 0.3) is 0 Å². The van der Waals surface area contributed by atoms with Crippen molar-refractivity contribution in [2.45, 2.75) is 6.04 Å². The van der Waals surface area contributed by atoms with Gasteiger partial charge in [-0.05, 0) is 35.4 Å². The van der Waals surface area contributed by atoms with Crippen molar-refractivity contribution in [3.05, 3.63) is 132 Å². The molecule has 0 heterocycles. The largest absolute Gasteiger partial charge is 0.334 e. The molecule has 0 bridgehead atoms. The van der Waals surface area contributed by atoms with Crippen LogP contribution in [-0.4, -0.2) is 6.03 Å². The molecule has 2 amide bonds. The van der Waals surface area contributed by atoms with Crippen LogP contribution in [0, 0.1) is 0 Å². The first-order chi connectivity index (χ1) is 14.8. The van der Waals surface area contributed by atoms with Crippen molar-refractivity contribution in [1.29, 1.82) is 0 Å². The lowest BCUT2D eigenvalue weighted by molar-refractivity contribution is 0.239. The van der Waals surface area contributed by atoms with Crippen LogP contribution < -0.4 is 15.8 Å². The van der Waals surface area contributed by atoms with Gasteiger partial charge in [-0.15, -0.1) is 0 Å². The Kier molecular flexibility index (Phi) is 6.06. The van der Waals surface area contributed by atoms with E-state index in [1.165, 1.54) is 0 Å². The average Bonchev–Trinajstić information content (AvgIpc) is 2.83. The number of urea groups is 1. The summed E-state index contributed by atoms with van der Waals surface area (Å²) in [6.07, 6.45) is 0. The van der Waals surface area contributed by atoms with E-state index in [-0.39, 0.29) is 12.1 Å². The second-order valence-corrected chi connectivity index (χ2v) is 6.85. The van der Waals surface area contributed by atoms with Gasteiger partial charge in [0, 0.05) is 0 Å². The molecular weight excluding hydrogens is 370 g/mol. The molecule has 4 aromatic rings. The van der Waals surface area contributed by atoms with E-state index in [0.29, 0.717) is 0 Å². The molecule has 0 unspecified atom stereocenters. The van der Waals surface area contributed by atoms with Crippen LogP contribution in [0.4, 0.5) is 16.2 Å². The van der Waals surface area contributed by atoms with E-state index in [1.807, 2.05) is 121 Å². The molecule has 0 aliphatic rings. The lowest BCUT2D eigenvalue weighted by Gasteiger charge is -2.27. The monoisotopic (exact) mass is 393 g/mol. The number of nitrogens with zero attached hydrogens (tertiary/aromatic N) is 1. The Hall–Kier alpha value is -4.05. The highest BCUT2D eigenvalue weighted by Gasteiger charge is 2.19. The fourth-order valence-electron chi connectivity index (χ4n) is 3.35. The highest BCUT2D eigenvalue weighted by atomic mass is 16.2. The van der Waals surface area contributed by atoms with Crippen molar-refractivity contribution in [3.8, 4) is 0 Å². The molecule has 148 valence electrons. The first-order valence-corrected chi connectivity index (χ1v) is 9.88. The molecule has 30 heavy (non-hydrogen) atoms. The van der Waals surface area contributed by atoms with Crippen molar-refractivity contribution >= 4 is 17.4 Å². The molecular formula is C26H23N3O. The number of rotatable bonds is 6. The summed E-state index contributed by atoms with van der Waals surface area (Å²) < 4.78 is 0. The average molecular weight is 393 g/mol. The summed E-state index contributed by atoms with van der Waals surface area (Å²) in [7, 11) is 0.